The van der Waals surface area contributed by atoms with Gasteiger partial charge >= 0.3 is 0 Å². The first kappa shape index (κ1) is 23.0. The van der Waals surface area contributed by atoms with Gasteiger partial charge in [0.1, 0.15) is 17.5 Å². The van der Waals surface area contributed by atoms with E-state index in [2.05, 4.69) is 10.5 Å². The van der Waals surface area contributed by atoms with E-state index in [1.54, 1.807) is 31.2 Å². The van der Waals surface area contributed by atoms with Gasteiger partial charge in [-0.25, -0.2) is 13.8 Å². The van der Waals surface area contributed by atoms with Crippen molar-refractivity contribution in [1.29, 1.82) is 0 Å². The highest BCUT2D eigenvalue weighted by molar-refractivity contribution is 7.92. The number of sulfonamides is 1. The average Bonchev–Trinajstić information content (AvgIpc) is 2.79. The van der Waals surface area contributed by atoms with E-state index in [1.807, 2.05) is 60.7 Å². The third-order valence-electron chi connectivity index (χ3n) is 4.68. The summed E-state index contributed by atoms with van der Waals surface area (Å²) in [6.07, 6.45) is 1.06. The number of hydrogen-bond donors (Lipinski definition) is 1. The van der Waals surface area contributed by atoms with E-state index in [4.69, 9.17) is 4.74 Å². The minimum Gasteiger partial charge on any atom is -0.457 e. The lowest BCUT2D eigenvalue weighted by molar-refractivity contribution is -0.121. The van der Waals surface area contributed by atoms with Crippen LogP contribution < -0.4 is 14.5 Å². The molecule has 0 spiro atoms. The highest BCUT2D eigenvalue weighted by atomic mass is 32.2. The van der Waals surface area contributed by atoms with E-state index in [0.717, 1.165) is 16.1 Å². The minimum absolute atomic E-state index is 0.347. The van der Waals surface area contributed by atoms with Crippen LogP contribution in [-0.4, -0.2) is 32.3 Å². The first-order valence-electron chi connectivity index (χ1n) is 9.97. The van der Waals surface area contributed by atoms with E-state index in [9.17, 15) is 13.2 Å². The normalized spacial score (nSPS) is 12.7. The van der Waals surface area contributed by atoms with Crippen LogP contribution in [0.1, 0.15) is 19.4 Å². The fourth-order valence-electron chi connectivity index (χ4n) is 3.07. The molecule has 7 nitrogen and oxygen atoms in total. The summed E-state index contributed by atoms with van der Waals surface area (Å²) in [6.45, 7) is 3.28. The first-order valence-corrected chi connectivity index (χ1v) is 11.8. The number of nitrogens with one attached hydrogen (secondary N) is 1. The molecule has 1 N–H and O–H groups in total. The quantitative estimate of drug-likeness (QED) is 0.411. The van der Waals surface area contributed by atoms with Crippen LogP contribution in [0.2, 0.25) is 0 Å². The molecule has 0 heterocycles. The smallest absolute Gasteiger partial charge is 0.263 e. The molecule has 166 valence electrons. The van der Waals surface area contributed by atoms with Crippen molar-refractivity contribution in [2.24, 2.45) is 5.10 Å². The summed E-state index contributed by atoms with van der Waals surface area (Å²) in [7, 11) is -3.74. The summed E-state index contributed by atoms with van der Waals surface area (Å²) in [4.78, 5) is 12.7. The largest absolute Gasteiger partial charge is 0.457 e. The van der Waals surface area contributed by atoms with Crippen molar-refractivity contribution in [3.05, 3.63) is 90.5 Å². The van der Waals surface area contributed by atoms with Crippen LogP contribution in [-0.2, 0) is 14.8 Å². The summed E-state index contributed by atoms with van der Waals surface area (Å²) in [5, 5.41) is 4.11. The Hall–Kier alpha value is -3.65. The number of rotatable bonds is 8. The molecule has 32 heavy (non-hydrogen) atoms. The lowest BCUT2D eigenvalue weighted by atomic mass is 10.1. The van der Waals surface area contributed by atoms with Crippen molar-refractivity contribution in [2.75, 3.05) is 10.6 Å². The van der Waals surface area contributed by atoms with E-state index in [-0.39, 0.29) is 0 Å². The Labute approximate surface area is 188 Å². The number of ether oxygens (including phenoxy) is 1. The summed E-state index contributed by atoms with van der Waals surface area (Å²) < 4.78 is 31.8. The van der Waals surface area contributed by atoms with Crippen LogP contribution >= 0.6 is 0 Å². The molecule has 0 fully saturated rings. The number of anilines is 1. The van der Waals surface area contributed by atoms with Crippen molar-refractivity contribution >= 4 is 27.3 Å². The predicted octanol–water partition coefficient (Wildman–Crippen LogP) is 4.17. The van der Waals surface area contributed by atoms with Crippen LogP contribution in [0.5, 0.6) is 11.5 Å². The average molecular weight is 452 g/mol. The molecule has 0 bridgehead atoms. The summed E-state index contributed by atoms with van der Waals surface area (Å²) in [5.41, 5.74) is 4.28. The Morgan fingerprint density at radius 2 is 1.44 bits per heavy atom. The molecule has 0 saturated carbocycles. The van der Waals surface area contributed by atoms with Crippen molar-refractivity contribution in [3.8, 4) is 11.5 Å². The zero-order valence-corrected chi connectivity index (χ0v) is 18.9. The lowest BCUT2D eigenvalue weighted by Crippen LogP contribution is -2.46. The van der Waals surface area contributed by atoms with Gasteiger partial charge in [-0.2, -0.15) is 5.10 Å². The molecule has 8 heteroatoms. The maximum Gasteiger partial charge on any atom is 0.263 e. The van der Waals surface area contributed by atoms with Crippen molar-refractivity contribution in [1.82, 2.24) is 5.43 Å². The molecule has 0 aromatic heterocycles. The van der Waals surface area contributed by atoms with Crippen molar-refractivity contribution in [3.63, 3.8) is 0 Å². The third kappa shape index (κ3) is 5.95. The number of nitrogens with zero attached hydrogens (tertiary/aromatic N) is 2. The number of hydrogen-bond acceptors (Lipinski definition) is 5. The minimum atomic E-state index is -3.74. The molecule has 0 aliphatic carbocycles. The molecule has 0 saturated heterocycles. The zero-order valence-electron chi connectivity index (χ0n) is 18.1. The molecular weight excluding hydrogens is 426 g/mol. The van der Waals surface area contributed by atoms with E-state index < -0.39 is 22.0 Å². The molecule has 3 rings (SSSR count). The second-order valence-electron chi connectivity index (χ2n) is 7.18. The van der Waals surface area contributed by atoms with Gasteiger partial charge < -0.3 is 4.74 Å². The maximum atomic E-state index is 12.7. The molecule has 3 aromatic carbocycles. The van der Waals surface area contributed by atoms with E-state index in [0.29, 0.717) is 22.9 Å². The molecular formula is C24H25N3O4S. The second-order valence-corrected chi connectivity index (χ2v) is 9.04. The van der Waals surface area contributed by atoms with Crippen molar-refractivity contribution in [2.45, 2.75) is 19.9 Å². The van der Waals surface area contributed by atoms with Gasteiger partial charge in [0.2, 0.25) is 10.0 Å². The van der Waals surface area contributed by atoms with Gasteiger partial charge in [0.15, 0.2) is 0 Å². The number of carbonyl (C=O) groups excluding carboxylic acids is 1. The summed E-state index contributed by atoms with van der Waals surface area (Å²) in [6, 6.07) is 24.1. The Balaban J connectivity index is 1.76. The van der Waals surface area contributed by atoms with Gasteiger partial charge in [-0.1, -0.05) is 48.5 Å². The van der Waals surface area contributed by atoms with Crippen LogP contribution in [0, 0.1) is 0 Å². The van der Waals surface area contributed by atoms with Crippen LogP contribution in [0.4, 0.5) is 5.69 Å². The maximum absolute atomic E-state index is 12.7. The Morgan fingerprint density at radius 3 is 2.00 bits per heavy atom. The topological polar surface area (TPSA) is 88.1 Å². The molecule has 1 atom stereocenters. The van der Waals surface area contributed by atoms with Crippen molar-refractivity contribution < 1.29 is 17.9 Å². The molecule has 0 radical (unpaired) electrons. The van der Waals surface area contributed by atoms with Gasteiger partial charge in [-0.15, -0.1) is 0 Å². The molecule has 0 aliphatic rings. The predicted molar refractivity (Wildman–Crippen MR) is 127 cm³/mol. The lowest BCUT2D eigenvalue weighted by Gasteiger charge is -2.27. The SMILES string of the molecule is C/C(=N/NC(=O)[C@@H](C)N(c1ccc(Oc2ccccc2)cc1)S(C)(=O)=O)c1ccccc1. The zero-order chi connectivity index (χ0) is 23.1. The number of benzene rings is 3. The van der Waals surface area contributed by atoms with Crippen LogP contribution in [0.15, 0.2) is 90.0 Å². The molecule has 0 unspecified atom stereocenters. The fraction of sp³-hybridized carbons (Fsp3) is 0.167. The Morgan fingerprint density at radius 1 is 0.906 bits per heavy atom. The van der Waals surface area contributed by atoms with Gasteiger partial charge in [0, 0.05) is 0 Å². The second kappa shape index (κ2) is 10.1. The summed E-state index contributed by atoms with van der Waals surface area (Å²) >= 11 is 0. The summed E-state index contributed by atoms with van der Waals surface area (Å²) in [5.74, 6) is 0.670. The standard InChI is InChI=1S/C24H25N3O4S/c1-18(20-10-6-4-7-11-20)25-26-24(28)19(2)27(32(3,29)30)21-14-16-23(17-15-21)31-22-12-8-5-9-13-22/h4-17,19H,1-3H3,(H,26,28)/b25-18-/t19-/m1/s1. The number of carbonyl (C=O) groups is 1. The van der Waals surface area contributed by atoms with Crippen LogP contribution in [0.3, 0.4) is 0 Å². The molecule has 1 amide bonds. The third-order valence-corrected chi connectivity index (χ3v) is 5.93. The Bertz CT molecular complexity index is 1180. The van der Waals surface area contributed by atoms with Gasteiger partial charge in [-0.05, 0) is 55.8 Å². The van der Waals surface area contributed by atoms with Gasteiger partial charge in [-0.3, -0.25) is 9.10 Å². The highest BCUT2D eigenvalue weighted by Crippen LogP contribution is 2.26. The monoisotopic (exact) mass is 451 g/mol. The van der Waals surface area contributed by atoms with Gasteiger partial charge in [0.25, 0.3) is 5.91 Å². The number of amides is 1. The van der Waals surface area contributed by atoms with E-state index >= 15 is 0 Å². The van der Waals surface area contributed by atoms with Gasteiger partial charge in [0.05, 0.1) is 17.7 Å². The number of hydrazone groups is 1. The number of para-hydroxylation sites is 1. The first-order chi connectivity index (χ1) is 15.3. The molecule has 0 aliphatic heterocycles. The van der Waals surface area contributed by atoms with Crippen LogP contribution in [0.25, 0.3) is 0 Å². The molecule has 3 aromatic rings. The fourth-order valence-corrected chi connectivity index (χ4v) is 4.25. The Kier molecular flexibility index (Phi) is 7.27. The highest BCUT2D eigenvalue weighted by Gasteiger charge is 2.29. The van der Waals surface area contributed by atoms with E-state index in [1.165, 1.54) is 6.92 Å².